The first-order chi connectivity index (χ1) is 7.74. The van der Waals surface area contributed by atoms with E-state index in [0.717, 1.165) is 11.8 Å². The molecule has 0 heteroatoms. The van der Waals surface area contributed by atoms with Gasteiger partial charge in [-0.2, -0.15) is 0 Å². The molecule has 0 aromatic rings. The molecular formula is C16H26. The molecular weight excluding hydrogens is 192 g/mol. The summed E-state index contributed by atoms with van der Waals surface area (Å²) in [6, 6.07) is 0. The zero-order valence-corrected chi connectivity index (χ0v) is 10.8. The first-order valence-electron chi connectivity index (χ1n) is 7.02. The Morgan fingerprint density at radius 3 is 2.94 bits per heavy atom. The lowest BCUT2D eigenvalue weighted by Gasteiger charge is -2.37. The average molecular weight is 218 g/mol. The van der Waals surface area contributed by atoms with Gasteiger partial charge in [-0.05, 0) is 42.9 Å². The van der Waals surface area contributed by atoms with Crippen LogP contribution in [0.25, 0.3) is 0 Å². The van der Waals surface area contributed by atoms with E-state index >= 15 is 0 Å². The van der Waals surface area contributed by atoms with Crippen molar-refractivity contribution in [3.63, 3.8) is 0 Å². The van der Waals surface area contributed by atoms with E-state index in [1.165, 1.54) is 51.4 Å². The summed E-state index contributed by atoms with van der Waals surface area (Å²) in [5.41, 5.74) is 0.578. The van der Waals surface area contributed by atoms with Crippen molar-refractivity contribution < 1.29 is 0 Å². The Morgan fingerprint density at radius 1 is 1.25 bits per heavy atom. The molecule has 2 aliphatic carbocycles. The third-order valence-corrected chi connectivity index (χ3v) is 4.99. The lowest BCUT2D eigenvalue weighted by Crippen LogP contribution is -2.26. The zero-order valence-electron chi connectivity index (χ0n) is 10.8. The Hall–Kier alpha value is -0.520. The molecule has 0 aromatic carbocycles. The van der Waals surface area contributed by atoms with Gasteiger partial charge in [-0.3, -0.25) is 0 Å². The van der Waals surface area contributed by atoms with E-state index in [-0.39, 0.29) is 0 Å². The number of fused-ring (bicyclic) bond motifs is 2. The molecule has 3 atom stereocenters. The minimum absolute atomic E-state index is 0.578. The lowest BCUT2D eigenvalue weighted by atomic mass is 9.68. The highest BCUT2D eigenvalue weighted by Gasteiger charge is 2.39. The first kappa shape index (κ1) is 12.0. The Labute approximate surface area is 101 Å². The molecule has 16 heavy (non-hydrogen) atoms. The summed E-state index contributed by atoms with van der Waals surface area (Å²) >= 11 is 0. The van der Waals surface area contributed by atoms with Crippen LogP contribution >= 0.6 is 0 Å². The topological polar surface area (TPSA) is 0 Å². The van der Waals surface area contributed by atoms with Crippen LogP contribution in [0.1, 0.15) is 58.3 Å². The van der Waals surface area contributed by atoms with Crippen molar-refractivity contribution >= 4 is 0 Å². The first-order valence-corrected chi connectivity index (χ1v) is 7.02. The van der Waals surface area contributed by atoms with Crippen LogP contribution in [-0.2, 0) is 0 Å². The smallest absolute Gasteiger partial charge is 0.0263 e. The molecule has 2 rings (SSSR count). The van der Waals surface area contributed by atoms with Crippen molar-refractivity contribution in [3.8, 4) is 0 Å². The maximum absolute atomic E-state index is 3.76. The third kappa shape index (κ3) is 2.59. The number of allylic oxidation sites excluding steroid dienone is 3. The van der Waals surface area contributed by atoms with Gasteiger partial charge in [-0.1, -0.05) is 57.4 Å². The SMILES string of the molecule is C=CC=CCC1(C)CCCCC2CCC1C2. The van der Waals surface area contributed by atoms with Crippen LogP contribution in [0.3, 0.4) is 0 Å². The largest absolute Gasteiger partial charge is 0.0991 e. The zero-order chi connectivity index (χ0) is 11.4. The predicted molar refractivity (Wildman–Crippen MR) is 71.4 cm³/mol. The van der Waals surface area contributed by atoms with Crippen molar-refractivity contribution in [3.05, 3.63) is 24.8 Å². The van der Waals surface area contributed by atoms with Gasteiger partial charge in [-0.25, -0.2) is 0 Å². The molecule has 0 radical (unpaired) electrons. The van der Waals surface area contributed by atoms with Gasteiger partial charge >= 0.3 is 0 Å². The molecule has 0 aliphatic heterocycles. The maximum atomic E-state index is 3.76. The number of rotatable bonds is 3. The molecule has 0 amide bonds. The van der Waals surface area contributed by atoms with Gasteiger partial charge in [0.2, 0.25) is 0 Å². The van der Waals surface area contributed by atoms with E-state index in [4.69, 9.17) is 0 Å². The molecule has 0 saturated heterocycles. The Morgan fingerprint density at radius 2 is 2.12 bits per heavy atom. The highest BCUT2D eigenvalue weighted by molar-refractivity contribution is 5.01. The summed E-state index contributed by atoms with van der Waals surface area (Å²) < 4.78 is 0. The number of hydrogen-bond acceptors (Lipinski definition) is 0. The molecule has 0 spiro atoms. The van der Waals surface area contributed by atoms with Crippen LogP contribution in [0.15, 0.2) is 24.8 Å². The van der Waals surface area contributed by atoms with Crippen molar-refractivity contribution in [2.45, 2.75) is 58.3 Å². The Balaban J connectivity index is 2.03. The van der Waals surface area contributed by atoms with E-state index in [9.17, 15) is 0 Å². The fraction of sp³-hybridized carbons (Fsp3) is 0.750. The average Bonchev–Trinajstić information content (AvgIpc) is 2.74. The normalized spacial score (nSPS) is 39.6. The molecule has 2 bridgehead atoms. The summed E-state index contributed by atoms with van der Waals surface area (Å²) in [4.78, 5) is 0. The van der Waals surface area contributed by atoms with Crippen molar-refractivity contribution in [2.24, 2.45) is 17.3 Å². The second kappa shape index (κ2) is 5.21. The van der Waals surface area contributed by atoms with Crippen LogP contribution in [0.5, 0.6) is 0 Å². The molecule has 0 N–H and O–H groups in total. The van der Waals surface area contributed by atoms with Gasteiger partial charge in [0.05, 0.1) is 0 Å². The van der Waals surface area contributed by atoms with Gasteiger partial charge in [0.15, 0.2) is 0 Å². The Bertz CT molecular complexity index is 263. The number of hydrogen-bond donors (Lipinski definition) is 0. The van der Waals surface area contributed by atoms with Crippen LogP contribution in [0, 0.1) is 17.3 Å². The van der Waals surface area contributed by atoms with E-state index in [1.807, 2.05) is 6.08 Å². The maximum Gasteiger partial charge on any atom is -0.0263 e. The minimum Gasteiger partial charge on any atom is -0.0991 e. The molecule has 2 saturated carbocycles. The quantitative estimate of drug-likeness (QED) is 0.577. The fourth-order valence-electron chi connectivity index (χ4n) is 3.84. The standard InChI is InChI=1S/C16H26/c1-3-4-6-11-16(2)12-7-5-8-14-9-10-15(16)13-14/h3-4,6,14-15H,1,5,7-13H2,2H3. The summed E-state index contributed by atoms with van der Waals surface area (Å²) in [7, 11) is 0. The van der Waals surface area contributed by atoms with Gasteiger partial charge < -0.3 is 0 Å². The minimum atomic E-state index is 0.578. The van der Waals surface area contributed by atoms with Crippen molar-refractivity contribution in [2.75, 3.05) is 0 Å². The molecule has 2 aliphatic rings. The van der Waals surface area contributed by atoms with Gasteiger partial charge in [0.25, 0.3) is 0 Å². The van der Waals surface area contributed by atoms with Crippen LogP contribution in [0.4, 0.5) is 0 Å². The van der Waals surface area contributed by atoms with E-state index in [2.05, 4.69) is 25.7 Å². The van der Waals surface area contributed by atoms with E-state index in [1.54, 1.807) is 0 Å². The van der Waals surface area contributed by atoms with Crippen LogP contribution < -0.4 is 0 Å². The van der Waals surface area contributed by atoms with Crippen LogP contribution in [-0.4, -0.2) is 0 Å². The third-order valence-electron chi connectivity index (χ3n) is 4.99. The van der Waals surface area contributed by atoms with E-state index in [0.29, 0.717) is 5.41 Å². The molecule has 3 unspecified atom stereocenters. The molecule has 0 heterocycles. The van der Waals surface area contributed by atoms with Gasteiger partial charge in [-0.15, -0.1) is 0 Å². The highest BCUT2D eigenvalue weighted by atomic mass is 14.4. The summed E-state index contributed by atoms with van der Waals surface area (Å²) in [6.07, 6.45) is 18.0. The second-order valence-electron chi connectivity index (χ2n) is 6.14. The van der Waals surface area contributed by atoms with Gasteiger partial charge in [0.1, 0.15) is 0 Å². The van der Waals surface area contributed by atoms with Gasteiger partial charge in [0, 0.05) is 0 Å². The predicted octanol–water partition coefficient (Wildman–Crippen LogP) is 5.12. The molecule has 0 nitrogen and oxygen atoms in total. The van der Waals surface area contributed by atoms with Crippen LogP contribution in [0.2, 0.25) is 0 Å². The van der Waals surface area contributed by atoms with Crippen molar-refractivity contribution in [1.29, 1.82) is 0 Å². The molecule has 2 fully saturated rings. The monoisotopic (exact) mass is 218 g/mol. The summed E-state index contributed by atoms with van der Waals surface area (Å²) in [5.74, 6) is 2.06. The molecule has 0 aromatic heterocycles. The lowest BCUT2D eigenvalue weighted by molar-refractivity contribution is 0.153. The highest BCUT2D eigenvalue weighted by Crippen LogP contribution is 2.50. The summed E-state index contributed by atoms with van der Waals surface area (Å²) in [6.45, 7) is 6.29. The summed E-state index contributed by atoms with van der Waals surface area (Å²) in [5, 5.41) is 0. The van der Waals surface area contributed by atoms with E-state index < -0.39 is 0 Å². The Kier molecular flexibility index (Phi) is 3.89. The second-order valence-corrected chi connectivity index (χ2v) is 6.14. The molecule has 90 valence electrons. The van der Waals surface area contributed by atoms with Crippen molar-refractivity contribution in [1.82, 2.24) is 0 Å². The fourth-order valence-corrected chi connectivity index (χ4v) is 3.84.